The predicted molar refractivity (Wildman–Crippen MR) is 61.9 cm³/mol. The van der Waals surface area contributed by atoms with Crippen LogP contribution in [0.1, 0.15) is 17.2 Å². The van der Waals surface area contributed by atoms with E-state index in [0.717, 1.165) is 17.0 Å². The fourth-order valence-electron chi connectivity index (χ4n) is 2.09. The van der Waals surface area contributed by atoms with Gasteiger partial charge in [0, 0.05) is 6.54 Å². The van der Waals surface area contributed by atoms with Crippen LogP contribution in [0.2, 0.25) is 0 Å². The number of carbonyl (C=O) groups excluding carboxylic acids is 1. The average molecular weight is 288 g/mol. The van der Waals surface area contributed by atoms with Crippen LogP contribution in [-0.4, -0.2) is 35.1 Å². The lowest BCUT2D eigenvalue weighted by molar-refractivity contribution is -0.139. The summed E-state index contributed by atoms with van der Waals surface area (Å²) in [4.78, 5) is 23.2. The smallest absolute Gasteiger partial charge is 0.416 e. The van der Waals surface area contributed by atoms with E-state index in [1.54, 1.807) is 0 Å². The lowest BCUT2D eigenvalue weighted by Gasteiger charge is -2.22. The van der Waals surface area contributed by atoms with Crippen molar-refractivity contribution in [3.63, 3.8) is 0 Å². The normalized spacial score (nSPS) is 19.1. The van der Waals surface area contributed by atoms with Gasteiger partial charge >= 0.3 is 18.2 Å². The Morgan fingerprint density at radius 1 is 1.45 bits per heavy atom. The molecule has 2 N–H and O–H groups in total. The highest BCUT2D eigenvalue weighted by molar-refractivity contribution is 5.82. The Morgan fingerprint density at radius 2 is 2.15 bits per heavy atom. The zero-order valence-corrected chi connectivity index (χ0v) is 10.1. The standard InChI is InChI=1S/C12H11F3N2O3/c13-12(14,15)8-3-1-2-7(4-8)9-5-16-11(20)17(9)6-10(18)19/h1-4,9H,5-6H2,(H,16,20)(H,18,19). The third-order valence-electron chi connectivity index (χ3n) is 2.99. The summed E-state index contributed by atoms with van der Waals surface area (Å²) >= 11 is 0. The maximum absolute atomic E-state index is 12.6. The minimum Gasteiger partial charge on any atom is -0.480 e. The van der Waals surface area contributed by atoms with Gasteiger partial charge in [0.2, 0.25) is 0 Å². The summed E-state index contributed by atoms with van der Waals surface area (Å²) in [6.45, 7) is -0.486. The highest BCUT2D eigenvalue weighted by Crippen LogP contribution is 2.32. The second-order valence-electron chi connectivity index (χ2n) is 4.35. The van der Waals surface area contributed by atoms with Gasteiger partial charge in [-0.2, -0.15) is 13.2 Å². The second kappa shape index (κ2) is 5.03. The zero-order chi connectivity index (χ0) is 14.9. The highest BCUT2D eigenvalue weighted by Gasteiger charge is 2.35. The number of hydrogen-bond acceptors (Lipinski definition) is 2. The topological polar surface area (TPSA) is 69.6 Å². The summed E-state index contributed by atoms with van der Waals surface area (Å²) in [6.07, 6.45) is -4.48. The van der Waals surface area contributed by atoms with Gasteiger partial charge in [-0.3, -0.25) is 4.79 Å². The molecule has 1 unspecified atom stereocenters. The van der Waals surface area contributed by atoms with Crippen LogP contribution >= 0.6 is 0 Å². The fourth-order valence-corrected chi connectivity index (χ4v) is 2.09. The van der Waals surface area contributed by atoms with Crippen molar-refractivity contribution >= 4 is 12.0 Å². The van der Waals surface area contributed by atoms with E-state index in [1.165, 1.54) is 12.1 Å². The van der Waals surface area contributed by atoms with Gasteiger partial charge in [-0.25, -0.2) is 4.79 Å². The van der Waals surface area contributed by atoms with Gasteiger partial charge in [0.25, 0.3) is 0 Å². The Bertz CT molecular complexity index is 545. The quantitative estimate of drug-likeness (QED) is 0.892. The Balaban J connectivity index is 2.30. The molecule has 2 amide bonds. The van der Waals surface area contributed by atoms with Crippen molar-refractivity contribution in [1.82, 2.24) is 10.2 Å². The molecule has 1 aliphatic rings. The maximum Gasteiger partial charge on any atom is 0.416 e. The van der Waals surface area contributed by atoms with E-state index >= 15 is 0 Å². The molecule has 0 radical (unpaired) electrons. The van der Waals surface area contributed by atoms with Crippen molar-refractivity contribution in [2.75, 3.05) is 13.1 Å². The number of hydrogen-bond donors (Lipinski definition) is 2. The van der Waals surface area contributed by atoms with Crippen LogP contribution in [0.3, 0.4) is 0 Å². The second-order valence-corrected chi connectivity index (χ2v) is 4.35. The number of urea groups is 1. The largest absolute Gasteiger partial charge is 0.480 e. The lowest BCUT2D eigenvalue weighted by Crippen LogP contribution is -2.34. The number of carboxylic acid groups (broad SMARTS) is 1. The lowest BCUT2D eigenvalue weighted by atomic mass is 10.0. The predicted octanol–water partition coefficient (Wildman–Crippen LogP) is 1.86. The molecule has 1 aromatic rings. The van der Waals surface area contributed by atoms with Crippen molar-refractivity contribution in [3.8, 4) is 0 Å². The summed E-state index contributed by atoms with van der Waals surface area (Å²) in [6, 6.07) is 3.21. The molecule has 0 aromatic heterocycles. The number of rotatable bonds is 3. The van der Waals surface area contributed by atoms with Crippen LogP contribution in [-0.2, 0) is 11.0 Å². The molecule has 1 fully saturated rings. The molecule has 20 heavy (non-hydrogen) atoms. The van der Waals surface area contributed by atoms with Crippen LogP contribution in [0.15, 0.2) is 24.3 Å². The Morgan fingerprint density at radius 3 is 2.75 bits per heavy atom. The van der Waals surface area contributed by atoms with E-state index in [2.05, 4.69) is 5.32 Å². The Hall–Kier alpha value is -2.25. The van der Waals surface area contributed by atoms with Gasteiger partial charge in [0.05, 0.1) is 11.6 Å². The van der Waals surface area contributed by atoms with Crippen LogP contribution in [0.5, 0.6) is 0 Å². The number of nitrogens with one attached hydrogen (secondary N) is 1. The van der Waals surface area contributed by atoms with Crippen LogP contribution in [0, 0.1) is 0 Å². The molecular formula is C12H11F3N2O3. The van der Waals surface area contributed by atoms with Crippen LogP contribution in [0.25, 0.3) is 0 Å². The molecular weight excluding hydrogens is 277 g/mol. The number of carboxylic acids is 1. The molecule has 108 valence electrons. The van der Waals surface area contributed by atoms with Crippen molar-refractivity contribution in [2.45, 2.75) is 12.2 Å². The van der Waals surface area contributed by atoms with Crippen molar-refractivity contribution in [1.29, 1.82) is 0 Å². The number of aliphatic carboxylic acids is 1. The molecule has 1 heterocycles. The Kier molecular flexibility index (Phi) is 3.56. The summed E-state index contributed by atoms with van der Waals surface area (Å²) in [5.74, 6) is -1.22. The third kappa shape index (κ3) is 2.84. The highest BCUT2D eigenvalue weighted by atomic mass is 19.4. The van der Waals surface area contributed by atoms with Gasteiger partial charge in [0.1, 0.15) is 6.54 Å². The number of nitrogens with zero attached hydrogens (tertiary/aromatic N) is 1. The first-order valence-electron chi connectivity index (χ1n) is 5.72. The Labute approximate surface area is 112 Å². The van der Waals surface area contributed by atoms with Crippen molar-refractivity contribution in [2.24, 2.45) is 0 Å². The number of benzene rings is 1. The van der Waals surface area contributed by atoms with E-state index < -0.39 is 36.3 Å². The molecule has 1 aliphatic heterocycles. The number of halogens is 3. The van der Waals surface area contributed by atoms with Crippen LogP contribution < -0.4 is 5.32 Å². The first-order valence-corrected chi connectivity index (χ1v) is 5.72. The minimum absolute atomic E-state index is 0.0768. The van der Waals surface area contributed by atoms with Crippen molar-refractivity contribution in [3.05, 3.63) is 35.4 Å². The number of carbonyl (C=O) groups is 2. The molecule has 1 aromatic carbocycles. The van der Waals surface area contributed by atoms with Gasteiger partial charge < -0.3 is 15.3 Å². The monoisotopic (exact) mass is 288 g/mol. The molecule has 0 spiro atoms. The van der Waals surface area contributed by atoms with E-state index in [1.807, 2.05) is 0 Å². The average Bonchev–Trinajstić information content (AvgIpc) is 2.70. The summed E-state index contributed by atoms with van der Waals surface area (Å²) in [7, 11) is 0. The molecule has 2 rings (SSSR count). The van der Waals surface area contributed by atoms with Crippen molar-refractivity contribution < 1.29 is 27.9 Å². The van der Waals surface area contributed by atoms with E-state index in [0.29, 0.717) is 0 Å². The van der Waals surface area contributed by atoms with Gasteiger partial charge in [-0.1, -0.05) is 12.1 Å². The molecule has 8 heteroatoms. The maximum atomic E-state index is 12.6. The molecule has 1 saturated heterocycles. The molecule has 1 atom stereocenters. The van der Waals surface area contributed by atoms with E-state index in [-0.39, 0.29) is 12.1 Å². The molecule has 0 aliphatic carbocycles. The first-order chi connectivity index (χ1) is 9.29. The molecule has 0 saturated carbocycles. The summed E-state index contributed by atoms with van der Waals surface area (Å²) in [5.41, 5.74) is -0.580. The summed E-state index contributed by atoms with van der Waals surface area (Å²) < 4.78 is 37.9. The fraction of sp³-hybridized carbons (Fsp3) is 0.333. The van der Waals surface area contributed by atoms with Gasteiger partial charge in [-0.15, -0.1) is 0 Å². The first kappa shape index (κ1) is 14.2. The summed E-state index contributed by atoms with van der Waals surface area (Å²) in [5, 5.41) is 11.2. The zero-order valence-electron chi connectivity index (χ0n) is 10.1. The third-order valence-corrected chi connectivity index (χ3v) is 2.99. The van der Waals surface area contributed by atoms with E-state index in [4.69, 9.17) is 5.11 Å². The minimum atomic E-state index is -4.48. The van der Waals surface area contributed by atoms with Gasteiger partial charge in [0.15, 0.2) is 0 Å². The van der Waals surface area contributed by atoms with Crippen LogP contribution in [0.4, 0.5) is 18.0 Å². The molecule has 0 bridgehead atoms. The molecule has 5 nitrogen and oxygen atoms in total. The SMILES string of the molecule is O=C(O)CN1C(=O)NCC1c1cccc(C(F)(F)F)c1. The van der Waals surface area contributed by atoms with E-state index in [9.17, 15) is 22.8 Å². The number of amides is 2. The number of alkyl halides is 3. The van der Waals surface area contributed by atoms with Gasteiger partial charge in [-0.05, 0) is 17.7 Å².